The summed E-state index contributed by atoms with van der Waals surface area (Å²) in [6.45, 7) is 3.49. The van der Waals surface area contributed by atoms with Gasteiger partial charge in [0.1, 0.15) is 5.75 Å². The molecule has 2 aromatic carbocycles. The lowest BCUT2D eigenvalue weighted by Gasteiger charge is -2.12. The van der Waals surface area contributed by atoms with Gasteiger partial charge in [0.15, 0.2) is 18.1 Å². The molecule has 0 aliphatic rings. The number of rotatable bonds is 8. The van der Waals surface area contributed by atoms with Gasteiger partial charge < -0.3 is 14.2 Å². The van der Waals surface area contributed by atoms with Crippen LogP contribution in [0.4, 0.5) is 0 Å². The van der Waals surface area contributed by atoms with Gasteiger partial charge >= 0.3 is 0 Å². The number of amides is 1. The van der Waals surface area contributed by atoms with Crippen molar-refractivity contribution in [2.45, 2.75) is 18.7 Å². The highest BCUT2D eigenvalue weighted by Crippen LogP contribution is 2.29. The van der Waals surface area contributed by atoms with Gasteiger partial charge in [0.2, 0.25) is 0 Å². The molecule has 1 amide bonds. The molecule has 0 fully saturated rings. The Kier molecular flexibility index (Phi) is 6.65. The molecule has 0 aliphatic carbocycles. The third-order valence-electron chi connectivity index (χ3n) is 3.56. The second-order valence-electron chi connectivity index (χ2n) is 5.78. The molecule has 9 heteroatoms. The second kappa shape index (κ2) is 8.74. The van der Waals surface area contributed by atoms with Crippen molar-refractivity contribution in [3.63, 3.8) is 0 Å². The third-order valence-corrected chi connectivity index (χ3v) is 4.80. The van der Waals surface area contributed by atoms with Crippen molar-refractivity contribution in [1.82, 2.24) is 10.3 Å². The summed E-state index contributed by atoms with van der Waals surface area (Å²) >= 11 is 0. The predicted molar refractivity (Wildman–Crippen MR) is 99.4 cm³/mol. The van der Waals surface area contributed by atoms with Crippen molar-refractivity contribution in [3.8, 4) is 17.2 Å². The molecule has 0 aliphatic heterocycles. The van der Waals surface area contributed by atoms with Gasteiger partial charge in [-0.25, -0.2) is 8.42 Å². The zero-order chi connectivity index (χ0) is 20.0. The molecular formula is C18H22N2O6S. The van der Waals surface area contributed by atoms with Gasteiger partial charge in [0.25, 0.3) is 15.9 Å². The summed E-state index contributed by atoms with van der Waals surface area (Å²) in [4.78, 5) is 13.8. The average molecular weight is 394 g/mol. The highest BCUT2D eigenvalue weighted by Gasteiger charge is 2.18. The number of carbonyl (C=O) groups excluding carboxylic acids is 1. The summed E-state index contributed by atoms with van der Waals surface area (Å²) in [7, 11) is -1.14. The maximum absolute atomic E-state index is 12.3. The Morgan fingerprint density at radius 2 is 1.59 bits per heavy atom. The van der Waals surface area contributed by atoms with E-state index in [4.69, 9.17) is 14.2 Å². The molecule has 0 aromatic heterocycles. The van der Waals surface area contributed by atoms with E-state index in [1.54, 1.807) is 12.1 Å². The molecule has 2 N–H and O–H groups in total. The van der Waals surface area contributed by atoms with Gasteiger partial charge in [-0.1, -0.05) is 6.07 Å². The number of ether oxygens (including phenoxy) is 3. The lowest BCUT2D eigenvalue weighted by atomic mass is 10.1. The van der Waals surface area contributed by atoms with Gasteiger partial charge in [-0.05, 0) is 49.2 Å². The van der Waals surface area contributed by atoms with Gasteiger partial charge in [-0.3, -0.25) is 10.2 Å². The van der Waals surface area contributed by atoms with Gasteiger partial charge in [0, 0.05) is 6.07 Å². The summed E-state index contributed by atoms with van der Waals surface area (Å²) in [5, 5.41) is 0. The first-order valence-electron chi connectivity index (χ1n) is 7.99. The number of nitrogens with one attached hydrogen (secondary N) is 2. The van der Waals surface area contributed by atoms with Crippen LogP contribution in [0.25, 0.3) is 0 Å². The number of carbonyl (C=O) groups is 1. The van der Waals surface area contributed by atoms with E-state index in [0.717, 1.165) is 11.1 Å². The van der Waals surface area contributed by atoms with E-state index in [0.29, 0.717) is 11.5 Å². The average Bonchev–Trinajstić information content (AvgIpc) is 2.63. The minimum absolute atomic E-state index is 0.0873. The Morgan fingerprint density at radius 1 is 0.963 bits per heavy atom. The quantitative estimate of drug-likeness (QED) is 0.661. The van der Waals surface area contributed by atoms with Crippen molar-refractivity contribution in [2.75, 3.05) is 20.8 Å². The van der Waals surface area contributed by atoms with E-state index < -0.39 is 15.9 Å². The second-order valence-corrected chi connectivity index (χ2v) is 7.46. The fraction of sp³-hybridized carbons (Fsp3) is 0.278. The van der Waals surface area contributed by atoms with E-state index in [1.165, 1.54) is 32.4 Å². The molecule has 2 aromatic rings. The van der Waals surface area contributed by atoms with E-state index >= 15 is 0 Å². The summed E-state index contributed by atoms with van der Waals surface area (Å²) in [5.41, 5.74) is 4.11. The Hall–Kier alpha value is -2.78. The number of hydrogen-bond acceptors (Lipinski definition) is 6. The topological polar surface area (TPSA) is 103 Å². The zero-order valence-electron chi connectivity index (χ0n) is 15.5. The Labute approximate surface area is 158 Å². The van der Waals surface area contributed by atoms with Crippen LogP contribution in [0.15, 0.2) is 41.3 Å². The van der Waals surface area contributed by atoms with Crippen LogP contribution < -0.4 is 24.5 Å². The van der Waals surface area contributed by atoms with Gasteiger partial charge in [0.05, 0.1) is 19.1 Å². The maximum Gasteiger partial charge on any atom is 0.272 e. The molecule has 0 spiro atoms. The summed E-state index contributed by atoms with van der Waals surface area (Å²) in [5.74, 6) is 0.538. The van der Waals surface area contributed by atoms with E-state index in [1.807, 2.05) is 24.7 Å². The largest absolute Gasteiger partial charge is 0.493 e. The van der Waals surface area contributed by atoms with E-state index in [2.05, 4.69) is 5.43 Å². The number of sulfonamides is 1. The Bertz CT molecular complexity index is 907. The lowest BCUT2D eigenvalue weighted by molar-refractivity contribution is -0.123. The molecule has 0 atom stereocenters. The third kappa shape index (κ3) is 5.60. The SMILES string of the molecule is COc1ccc(S(=O)(=O)NNC(=O)COc2cc(C)cc(C)c2)cc1OC. The maximum atomic E-state index is 12.3. The summed E-state index contributed by atoms with van der Waals surface area (Å²) < 4.78 is 40.1. The van der Waals surface area contributed by atoms with Crippen LogP contribution in [0, 0.1) is 13.8 Å². The van der Waals surface area contributed by atoms with Gasteiger partial charge in [-0.2, -0.15) is 0 Å². The highest BCUT2D eigenvalue weighted by atomic mass is 32.2. The first kappa shape index (κ1) is 20.5. The number of hydrogen-bond donors (Lipinski definition) is 2. The van der Waals surface area contributed by atoms with Crippen LogP contribution >= 0.6 is 0 Å². The Morgan fingerprint density at radius 3 is 2.19 bits per heavy atom. The first-order chi connectivity index (χ1) is 12.7. The molecule has 146 valence electrons. The Balaban J connectivity index is 1.97. The predicted octanol–water partition coefficient (Wildman–Crippen LogP) is 1.71. The van der Waals surface area contributed by atoms with Crippen LogP contribution in [0.5, 0.6) is 17.2 Å². The molecule has 27 heavy (non-hydrogen) atoms. The van der Waals surface area contributed by atoms with E-state index in [9.17, 15) is 13.2 Å². The number of methoxy groups -OCH3 is 2. The zero-order valence-corrected chi connectivity index (χ0v) is 16.3. The first-order valence-corrected chi connectivity index (χ1v) is 9.47. The molecular weight excluding hydrogens is 372 g/mol. The smallest absolute Gasteiger partial charge is 0.272 e. The standard InChI is InChI=1S/C18H22N2O6S/c1-12-7-13(2)9-14(8-12)26-11-18(21)19-20-27(22,23)15-5-6-16(24-3)17(10-15)25-4/h5-10,20H,11H2,1-4H3,(H,19,21). The van der Waals surface area contributed by atoms with Crippen LogP contribution in [-0.2, 0) is 14.8 Å². The summed E-state index contributed by atoms with van der Waals surface area (Å²) in [6.07, 6.45) is 0. The molecule has 8 nitrogen and oxygen atoms in total. The number of hydrazine groups is 1. The molecule has 0 saturated carbocycles. The van der Waals surface area contributed by atoms with Crippen molar-refractivity contribution in [3.05, 3.63) is 47.5 Å². The van der Waals surface area contributed by atoms with E-state index in [-0.39, 0.29) is 17.3 Å². The summed E-state index contributed by atoms with van der Waals surface area (Å²) in [6, 6.07) is 9.63. The van der Waals surface area contributed by atoms with Crippen LogP contribution in [-0.4, -0.2) is 35.2 Å². The minimum atomic E-state index is -3.98. The van der Waals surface area contributed by atoms with Crippen molar-refractivity contribution in [1.29, 1.82) is 0 Å². The normalized spacial score (nSPS) is 11.0. The van der Waals surface area contributed by atoms with Crippen molar-refractivity contribution < 1.29 is 27.4 Å². The fourth-order valence-electron chi connectivity index (χ4n) is 2.37. The molecule has 0 radical (unpaired) electrons. The number of aryl methyl sites for hydroxylation is 2. The minimum Gasteiger partial charge on any atom is -0.493 e. The van der Waals surface area contributed by atoms with Crippen LogP contribution in [0.1, 0.15) is 11.1 Å². The molecule has 0 unspecified atom stereocenters. The lowest BCUT2D eigenvalue weighted by Crippen LogP contribution is -2.43. The number of benzene rings is 2. The monoisotopic (exact) mass is 394 g/mol. The van der Waals surface area contributed by atoms with Crippen LogP contribution in [0.2, 0.25) is 0 Å². The van der Waals surface area contributed by atoms with Gasteiger partial charge in [-0.15, -0.1) is 4.83 Å². The van der Waals surface area contributed by atoms with Crippen molar-refractivity contribution >= 4 is 15.9 Å². The van der Waals surface area contributed by atoms with Crippen molar-refractivity contribution in [2.24, 2.45) is 0 Å². The molecule has 0 heterocycles. The molecule has 0 bridgehead atoms. The molecule has 0 saturated heterocycles. The molecule has 2 rings (SSSR count). The highest BCUT2D eigenvalue weighted by molar-refractivity contribution is 7.89. The van der Waals surface area contributed by atoms with Crippen LogP contribution in [0.3, 0.4) is 0 Å². The fourth-order valence-corrected chi connectivity index (χ4v) is 3.24.